The highest BCUT2D eigenvalue weighted by Gasteiger charge is 2.22. The molecule has 1 aromatic carbocycles. The number of anilines is 1. The van der Waals surface area contributed by atoms with E-state index >= 15 is 0 Å². The molecule has 1 N–H and O–H groups in total. The number of hydrogen-bond acceptors (Lipinski definition) is 5. The number of piperazine rings is 1. The molecule has 1 saturated carbocycles. The Morgan fingerprint density at radius 2 is 1.76 bits per heavy atom. The molecular weight excluding hydrogens is 369 g/mol. The molecule has 1 saturated heterocycles. The van der Waals surface area contributed by atoms with Gasteiger partial charge in [0.15, 0.2) is 0 Å². The number of carbonyl (C=O) groups excluding carboxylic acids is 1. The number of benzene rings is 1. The second-order valence-electron chi connectivity index (χ2n) is 7.94. The van der Waals surface area contributed by atoms with Gasteiger partial charge in [0, 0.05) is 37.8 Å². The van der Waals surface area contributed by atoms with Gasteiger partial charge < -0.3 is 10.2 Å². The summed E-state index contributed by atoms with van der Waals surface area (Å²) in [6.07, 6.45) is 9.43. The van der Waals surface area contributed by atoms with Crippen LogP contribution >= 0.6 is 0 Å². The highest BCUT2D eigenvalue weighted by molar-refractivity contribution is 5.78. The highest BCUT2D eigenvalue weighted by atomic mass is 19.1. The van der Waals surface area contributed by atoms with Gasteiger partial charge in [0.05, 0.1) is 24.6 Å². The molecule has 0 bridgehead atoms. The molecule has 1 aliphatic carbocycles. The van der Waals surface area contributed by atoms with Gasteiger partial charge in [0.1, 0.15) is 11.6 Å². The number of carbonyl (C=O) groups is 1. The molecule has 0 atom stereocenters. The van der Waals surface area contributed by atoms with Crippen LogP contribution in [0.15, 0.2) is 36.7 Å². The summed E-state index contributed by atoms with van der Waals surface area (Å²) >= 11 is 0. The Morgan fingerprint density at radius 3 is 2.48 bits per heavy atom. The third-order valence-electron chi connectivity index (χ3n) is 5.80. The van der Waals surface area contributed by atoms with Crippen LogP contribution in [0.4, 0.5) is 10.2 Å². The van der Waals surface area contributed by atoms with E-state index in [4.69, 9.17) is 4.98 Å². The van der Waals surface area contributed by atoms with Crippen LogP contribution in [0, 0.1) is 5.82 Å². The Bertz CT molecular complexity index is 814. The van der Waals surface area contributed by atoms with Crippen LogP contribution in [0.5, 0.6) is 0 Å². The number of nitrogens with one attached hydrogen (secondary N) is 1. The van der Waals surface area contributed by atoms with E-state index in [0.29, 0.717) is 12.6 Å². The Balaban J connectivity index is 1.29. The van der Waals surface area contributed by atoms with Crippen molar-refractivity contribution < 1.29 is 9.18 Å². The third-order valence-corrected chi connectivity index (χ3v) is 5.80. The molecular formula is C22H28FN5O. The molecule has 6 nitrogen and oxygen atoms in total. The minimum absolute atomic E-state index is 0.142. The van der Waals surface area contributed by atoms with Gasteiger partial charge in [-0.1, -0.05) is 19.3 Å². The molecule has 7 heteroatoms. The summed E-state index contributed by atoms with van der Waals surface area (Å²) < 4.78 is 13.2. The van der Waals surface area contributed by atoms with Crippen molar-refractivity contribution in [3.63, 3.8) is 0 Å². The zero-order valence-electron chi connectivity index (χ0n) is 16.7. The zero-order valence-corrected chi connectivity index (χ0v) is 16.7. The summed E-state index contributed by atoms with van der Waals surface area (Å²) in [5, 5.41) is 3.20. The summed E-state index contributed by atoms with van der Waals surface area (Å²) in [6.45, 7) is 3.71. The van der Waals surface area contributed by atoms with Crippen molar-refractivity contribution >= 4 is 11.7 Å². The fourth-order valence-electron chi connectivity index (χ4n) is 4.13. The molecule has 1 aromatic heterocycles. The van der Waals surface area contributed by atoms with Crippen molar-refractivity contribution in [1.82, 2.24) is 20.2 Å². The molecule has 4 rings (SSSR count). The second-order valence-corrected chi connectivity index (χ2v) is 7.94. The molecule has 2 aromatic rings. The maximum Gasteiger partial charge on any atom is 0.234 e. The van der Waals surface area contributed by atoms with Crippen molar-refractivity contribution in [2.75, 3.05) is 37.6 Å². The van der Waals surface area contributed by atoms with Gasteiger partial charge in [-0.3, -0.25) is 14.7 Å². The second kappa shape index (κ2) is 9.31. The van der Waals surface area contributed by atoms with E-state index in [1.165, 1.54) is 31.4 Å². The summed E-state index contributed by atoms with van der Waals surface area (Å²) in [5.74, 6) is 0.697. The molecule has 1 amide bonds. The zero-order chi connectivity index (χ0) is 20.1. The van der Waals surface area contributed by atoms with Gasteiger partial charge in [0.2, 0.25) is 5.91 Å². The summed E-state index contributed by atoms with van der Waals surface area (Å²) in [4.78, 5) is 25.7. The number of aromatic nitrogens is 2. The molecule has 2 aliphatic rings. The largest absolute Gasteiger partial charge is 0.353 e. The maximum atomic E-state index is 13.2. The Labute approximate surface area is 171 Å². The van der Waals surface area contributed by atoms with Gasteiger partial charge in [-0.15, -0.1) is 0 Å². The Kier molecular flexibility index (Phi) is 6.34. The van der Waals surface area contributed by atoms with Crippen LogP contribution in [0.3, 0.4) is 0 Å². The molecule has 29 heavy (non-hydrogen) atoms. The van der Waals surface area contributed by atoms with E-state index in [1.54, 1.807) is 24.5 Å². The third kappa shape index (κ3) is 5.29. The molecule has 2 fully saturated rings. The van der Waals surface area contributed by atoms with E-state index in [9.17, 15) is 9.18 Å². The highest BCUT2D eigenvalue weighted by Crippen LogP contribution is 2.21. The molecule has 0 radical (unpaired) electrons. The lowest BCUT2D eigenvalue weighted by atomic mass is 9.95. The molecule has 0 unspecified atom stereocenters. The van der Waals surface area contributed by atoms with Crippen LogP contribution in [-0.4, -0.2) is 59.5 Å². The standard InChI is InChI=1S/C22H28FN5O/c23-18-8-6-17(7-9-18)20-14-24-15-21(26-20)28-12-10-27(11-13-28)16-22(29)25-19-4-2-1-3-5-19/h6-9,14-15,19H,1-5,10-13,16H2,(H,25,29). The van der Waals surface area contributed by atoms with Gasteiger partial charge in [-0.25, -0.2) is 9.37 Å². The Hall–Kier alpha value is -2.54. The molecule has 154 valence electrons. The number of hydrogen-bond donors (Lipinski definition) is 1. The van der Waals surface area contributed by atoms with Crippen LogP contribution in [0.1, 0.15) is 32.1 Å². The average molecular weight is 397 g/mol. The first-order valence-electron chi connectivity index (χ1n) is 10.5. The van der Waals surface area contributed by atoms with Crippen molar-refractivity contribution in [2.45, 2.75) is 38.1 Å². The molecule has 1 aliphatic heterocycles. The fraction of sp³-hybridized carbons (Fsp3) is 0.500. The lowest BCUT2D eigenvalue weighted by Crippen LogP contribution is -2.51. The lowest BCUT2D eigenvalue weighted by molar-refractivity contribution is -0.123. The quantitative estimate of drug-likeness (QED) is 0.841. The average Bonchev–Trinajstić information content (AvgIpc) is 2.75. The lowest BCUT2D eigenvalue weighted by Gasteiger charge is -2.35. The number of halogens is 1. The van der Waals surface area contributed by atoms with E-state index in [2.05, 4.69) is 20.1 Å². The predicted octanol–water partition coefficient (Wildman–Crippen LogP) is 2.85. The first kappa shape index (κ1) is 19.8. The molecule has 2 heterocycles. The topological polar surface area (TPSA) is 61.4 Å². The van der Waals surface area contributed by atoms with Crippen LogP contribution in [-0.2, 0) is 4.79 Å². The first-order valence-corrected chi connectivity index (χ1v) is 10.5. The van der Waals surface area contributed by atoms with Gasteiger partial charge in [-0.2, -0.15) is 0 Å². The molecule has 0 spiro atoms. The van der Waals surface area contributed by atoms with Crippen molar-refractivity contribution in [1.29, 1.82) is 0 Å². The van der Waals surface area contributed by atoms with Gasteiger partial charge in [-0.05, 0) is 37.1 Å². The van der Waals surface area contributed by atoms with E-state index in [1.807, 2.05) is 0 Å². The van der Waals surface area contributed by atoms with E-state index < -0.39 is 0 Å². The minimum Gasteiger partial charge on any atom is -0.353 e. The van der Waals surface area contributed by atoms with Crippen molar-refractivity contribution in [2.24, 2.45) is 0 Å². The smallest absolute Gasteiger partial charge is 0.234 e. The normalized spacial score (nSPS) is 18.6. The number of rotatable bonds is 5. The Morgan fingerprint density at radius 1 is 1.03 bits per heavy atom. The number of amides is 1. The maximum absolute atomic E-state index is 13.2. The van der Waals surface area contributed by atoms with Crippen molar-refractivity contribution in [3.8, 4) is 11.3 Å². The summed E-state index contributed by atoms with van der Waals surface area (Å²) in [6, 6.07) is 6.65. The monoisotopic (exact) mass is 397 g/mol. The number of nitrogens with zero attached hydrogens (tertiary/aromatic N) is 4. The van der Waals surface area contributed by atoms with Crippen molar-refractivity contribution in [3.05, 3.63) is 42.5 Å². The SMILES string of the molecule is O=C(CN1CCN(c2cncc(-c3ccc(F)cc3)n2)CC1)NC1CCCCC1. The van der Waals surface area contributed by atoms with Gasteiger partial charge in [0.25, 0.3) is 0 Å². The first-order chi connectivity index (χ1) is 14.2. The van der Waals surface area contributed by atoms with Crippen LogP contribution in [0.25, 0.3) is 11.3 Å². The fourth-order valence-corrected chi connectivity index (χ4v) is 4.13. The van der Waals surface area contributed by atoms with Crippen LogP contribution in [0.2, 0.25) is 0 Å². The minimum atomic E-state index is -0.262. The summed E-state index contributed by atoms with van der Waals surface area (Å²) in [7, 11) is 0. The summed E-state index contributed by atoms with van der Waals surface area (Å²) in [5.41, 5.74) is 1.58. The van der Waals surface area contributed by atoms with E-state index in [-0.39, 0.29) is 11.7 Å². The van der Waals surface area contributed by atoms with E-state index in [0.717, 1.165) is 56.1 Å². The predicted molar refractivity (Wildman–Crippen MR) is 111 cm³/mol. The van der Waals surface area contributed by atoms with Gasteiger partial charge >= 0.3 is 0 Å². The van der Waals surface area contributed by atoms with Crippen LogP contribution < -0.4 is 10.2 Å².